The average molecular weight is 395 g/mol. The van der Waals surface area contributed by atoms with Gasteiger partial charge in [0.1, 0.15) is 12.4 Å². The van der Waals surface area contributed by atoms with Crippen LogP contribution in [0.2, 0.25) is 5.02 Å². The van der Waals surface area contributed by atoms with Crippen molar-refractivity contribution in [2.45, 2.75) is 20.0 Å². The standard InChI is InChI=1S/C20H23ClN2O2.ClH/c1-20(13-22)9-10-23(14-20)19(24)16-3-2-4-18(11-16)25-12-15-5-7-17(21)8-6-15;/h2-8,11H,9-10,12-14,22H2,1H3;1H. The molecule has 0 aliphatic carbocycles. The number of nitrogens with zero attached hydrogens (tertiary/aromatic N) is 1. The summed E-state index contributed by atoms with van der Waals surface area (Å²) in [6.45, 7) is 4.62. The number of likely N-dealkylation sites (tertiary alicyclic amines) is 1. The molecule has 2 aromatic carbocycles. The smallest absolute Gasteiger partial charge is 0.254 e. The third kappa shape index (κ3) is 4.91. The van der Waals surface area contributed by atoms with E-state index in [0.29, 0.717) is 36.0 Å². The maximum absolute atomic E-state index is 12.7. The molecule has 0 bridgehead atoms. The number of benzene rings is 2. The highest BCUT2D eigenvalue weighted by molar-refractivity contribution is 6.30. The van der Waals surface area contributed by atoms with E-state index in [2.05, 4.69) is 6.92 Å². The van der Waals surface area contributed by atoms with Crippen molar-refractivity contribution in [1.82, 2.24) is 4.90 Å². The molecule has 140 valence electrons. The number of hydrogen-bond acceptors (Lipinski definition) is 3. The van der Waals surface area contributed by atoms with E-state index in [1.807, 2.05) is 47.4 Å². The SMILES string of the molecule is CC1(CN)CCN(C(=O)c2cccc(OCc3ccc(Cl)cc3)c2)C1.Cl. The molecule has 1 atom stereocenters. The molecule has 1 heterocycles. The molecule has 6 heteroatoms. The molecule has 1 amide bonds. The fourth-order valence-corrected chi connectivity index (χ4v) is 3.14. The molecular formula is C20H24Cl2N2O2. The normalized spacial score (nSPS) is 19.1. The number of carbonyl (C=O) groups is 1. The Balaban J connectivity index is 0.00000243. The molecule has 2 N–H and O–H groups in total. The number of hydrogen-bond donors (Lipinski definition) is 1. The summed E-state index contributed by atoms with van der Waals surface area (Å²) in [6.07, 6.45) is 0.946. The van der Waals surface area contributed by atoms with Crippen LogP contribution >= 0.6 is 24.0 Å². The highest BCUT2D eigenvalue weighted by Gasteiger charge is 2.35. The minimum atomic E-state index is 0. The van der Waals surface area contributed by atoms with Gasteiger partial charge < -0.3 is 15.4 Å². The van der Waals surface area contributed by atoms with Gasteiger partial charge >= 0.3 is 0 Å². The monoisotopic (exact) mass is 394 g/mol. The van der Waals surface area contributed by atoms with E-state index in [-0.39, 0.29) is 23.7 Å². The summed E-state index contributed by atoms with van der Waals surface area (Å²) in [6, 6.07) is 14.9. The van der Waals surface area contributed by atoms with Gasteiger partial charge in [-0.2, -0.15) is 0 Å². The van der Waals surface area contributed by atoms with E-state index in [9.17, 15) is 4.79 Å². The lowest BCUT2D eigenvalue weighted by Gasteiger charge is -2.22. The third-order valence-electron chi connectivity index (χ3n) is 4.74. The van der Waals surface area contributed by atoms with E-state index in [0.717, 1.165) is 18.5 Å². The number of rotatable bonds is 5. The van der Waals surface area contributed by atoms with E-state index in [4.69, 9.17) is 22.1 Å². The molecule has 0 aromatic heterocycles. The summed E-state index contributed by atoms with van der Waals surface area (Å²) in [5.74, 6) is 0.718. The lowest BCUT2D eigenvalue weighted by molar-refractivity contribution is 0.0776. The Morgan fingerprint density at radius 2 is 2.00 bits per heavy atom. The third-order valence-corrected chi connectivity index (χ3v) is 4.99. The Morgan fingerprint density at radius 1 is 1.27 bits per heavy atom. The minimum Gasteiger partial charge on any atom is -0.489 e. The Kier molecular flexibility index (Phi) is 6.93. The second kappa shape index (κ2) is 8.76. The van der Waals surface area contributed by atoms with Crippen LogP contribution in [0.5, 0.6) is 5.75 Å². The van der Waals surface area contributed by atoms with Gasteiger partial charge in [0.05, 0.1) is 0 Å². The molecule has 1 saturated heterocycles. The summed E-state index contributed by atoms with van der Waals surface area (Å²) < 4.78 is 5.81. The highest BCUT2D eigenvalue weighted by atomic mass is 35.5. The molecule has 2 aromatic rings. The molecule has 1 fully saturated rings. The molecular weight excluding hydrogens is 371 g/mol. The van der Waals surface area contributed by atoms with Crippen LogP contribution in [0.1, 0.15) is 29.3 Å². The summed E-state index contributed by atoms with van der Waals surface area (Å²) in [4.78, 5) is 14.6. The van der Waals surface area contributed by atoms with Gasteiger partial charge in [-0.3, -0.25) is 4.79 Å². The predicted octanol–water partition coefficient (Wildman–Crippen LogP) is 4.15. The van der Waals surface area contributed by atoms with E-state index >= 15 is 0 Å². The second-order valence-electron chi connectivity index (χ2n) is 6.93. The summed E-state index contributed by atoms with van der Waals surface area (Å²) in [5.41, 5.74) is 7.53. The second-order valence-corrected chi connectivity index (χ2v) is 7.37. The molecule has 0 spiro atoms. The number of carbonyl (C=O) groups excluding carboxylic acids is 1. The van der Waals surface area contributed by atoms with Crippen molar-refractivity contribution in [1.29, 1.82) is 0 Å². The molecule has 26 heavy (non-hydrogen) atoms. The van der Waals surface area contributed by atoms with E-state index < -0.39 is 0 Å². The van der Waals surface area contributed by atoms with Crippen LogP contribution in [-0.4, -0.2) is 30.4 Å². The van der Waals surface area contributed by atoms with Crippen molar-refractivity contribution < 1.29 is 9.53 Å². The molecule has 4 nitrogen and oxygen atoms in total. The maximum atomic E-state index is 12.7. The quantitative estimate of drug-likeness (QED) is 0.828. The topological polar surface area (TPSA) is 55.6 Å². The van der Waals surface area contributed by atoms with Gasteiger partial charge in [-0.1, -0.05) is 36.7 Å². The molecule has 1 unspecified atom stereocenters. The van der Waals surface area contributed by atoms with Gasteiger partial charge in [-0.15, -0.1) is 12.4 Å². The first-order valence-corrected chi connectivity index (χ1v) is 8.84. The molecule has 3 rings (SSSR count). The average Bonchev–Trinajstić information content (AvgIpc) is 3.04. The van der Waals surface area contributed by atoms with Crippen molar-refractivity contribution >= 4 is 29.9 Å². The fourth-order valence-electron chi connectivity index (χ4n) is 3.01. The minimum absolute atomic E-state index is 0. The van der Waals surface area contributed by atoms with Gasteiger partial charge in [0.25, 0.3) is 5.91 Å². The Labute approximate surface area is 165 Å². The predicted molar refractivity (Wildman–Crippen MR) is 107 cm³/mol. The number of halogens is 2. The zero-order valence-corrected chi connectivity index (χ0v) is 16.4. The maximum Gasteiger partial charge on any atom is 0.254 e. The van der Waals surface area contributed by atoms with Crippen molar-refractivity contribution in [2.75, 3.05) is 19.6 Å². The van der Waals surface area contributed by atoms with Crippen LogP contribution in [0.4, 0.5) is 0 Å². The van der Waals surface area contributed by atoms with Gasteiger partial charge in [-0.05, 0) is 54.3 Å². The highest BCUT2D eigenvalue weighted by Crippen LogP contribution is 2.30. The Bertz CT molecular complexity index is 752. The summed E-state index contributed by atoms with van der Waals surface area (Å²) in [5, 5.41) is 0.700. The number of ether oxygens (including phenoxy) is 1. The Morgan fingerprint density at radius 3 is 2.65 bits per heavy atom. The zero-order chi connectivity index (χ0) is 17.9. The van der Waals surface area contributed by atoms with Crippen LogP contribution in [0.3, 0.4) is 0 Å². The molecule has 0 saturated carbocycles. The Hall–Kier alpha value is -1.75. The van der Waals surface area contributed by atoms with Crippen LogP contribution in [0.25, 0.3) is 0 Å². The van der Waals surface area contributed by atoms with E-state index in [1.54, 1.807) is 6.07 Å². The van der Waals surface area contributed by atoms with Crippen LogP contribution in [0, 0.1) is 5.41 Å². The lowest BCUT2D eigenvalue weighted by Crippen LogP contribution is -2.34. The summed E-state index contributed by atoms with van der Waals surface area (Å²) in [7, 11) is 0. The lowest BCUT2D eigenvalue weighted by atomic mass is 9.90. The van der Waals surface area contributed by atoms with E-state index in [1.165, 1.54) is 0 Å². The molecule has 0 radical (unpaired) electrons. The number of nitrogens with two attached hydrogens (primary N) is 1. The van der Waals surface area contributed by atoms with Crippen LogP contribution < -0.4 is 10.5 Å². The molecule has 1 aliphatic rings. The fraction of sp³-hybridized carbons (Fsp3) is 0.350. The number of amides is 1. The van der Waals surface area contributed by atoms with Crippen molar-refractivity contribution in [2.24, 2.45) is 11.1 Å². The van der Waals surface area contributed by atoms with Gasteiger partial charge in [0, 0.05) is 23.7 Å². The summed E-state index contributed by atoms with van der Waals surface area (Å²) >= 11 is 5.89. The van der Waals surface area contributed by atoms with Crippen molar-refractivity contribution in [3.63, 3.8) is 0 Å². The zero-order valence-electron chi connectivity index (χ0n) is 14.8. The van der Waals surface area contributed by atoms with Crippen molar-refractivity contribution in [3.8, 4) is 5.75 Å². The van der Waals surface area contributed by atoms with Crippen LogP contribution in [0.15, 0.2) is 48.5 Å². The first-order chi connectivity index (χ1) is 12.0. The van der Waals surface area contributed by atoms with Gasteiger partial charge in [-0.25, -0.2) is 0 Å². The van der Waals surface area contributed by atoms with Crippen molar-refractivity contribution in [3.05, 3.63) is 64.7 Å². The van der Waals surface area contributed by atoms with Crippen LogP contribution in [-0.2, 0) is 6.61 Å². The largest absolute Gasteiger partial charge is 0.489 e. The first-order valence-electron chi connectivity index (χ1n) is 8.46. The van der Waals surface area contributed by atoms with Gasteiger partial charge in [0.2, 0.25) is 0 Å². The first kappa shape index (κ1) is 20.6. The van der Waals surface area contributed by atoms with Gasteiger partial charge in [0.15, 0.2) is 0 Å². The molecule has 1 aliphatic heterocycles.